The Balaban J connectivity index is 1.62. The largest absolute Gasteiger partial charge is 0.496 e. The molecule has 0 saturated carbocycles. The fourth-order valence-electron chi connectivity index (χ4n) is 4.65. The number of rotatable bonds is 4. The van der Waals surface area contributed by atoms with E-state index in [1.165, 1.54) is 26.1 Å². The second kappa shape index (κ2) is 8.34. The van der Waals surface area contributed by atoms with Crippen LogP contribution in [-0.2, 0) is 14.7 Å². The maximum Gasteiger partial charge on any atom is 0.496 e. The van der Waals surface area contributed by atoms with E-state index >= 15 is 0 Å². The van der Waals surface area contributed by atoms with E-state index in [1.807, 2.05) is 18.3 Å². The summed E-state index contributed by atoms with van der Waals surface area (Å²) in [5, 5.41) is 1.17. The van der Waals surface area contributed by atoms with Gasteiger partial charge in [0, 0.05) is 26.8 Å². The Morgan fingerprint density at radius 2 is 1.60 bits per heavy atom. The Hall–Kier alpha value is -2.91. The summed E-state index contributed by atoms with van der Waals surface area (Å²) in [5.41, 5.74) is 3.77. The lowest BCUT2D eigenvalue weighted by atomic mass is 9.75. The van der Waals surface area contributed by atoms with Gasteiger partial charge >= 0.3 is 7.12 Å². The van der Waals surface area contributed by atoms with Crippen molar-refractivity contribution in [2.24, 2.45) is 0 Å². The lowest BCUT2D eigenvalue weighted by molar-refractivity contribution is 0.00578. The molecule has 3 nitrogen and oxygen atoms in total. The van der Waals surface area contributed by atoms with Crippen LogP contribution in [0.5, 0.6) is 0 Å². The van der Waals surface area contributed by atoms with E-state index in [0.29, 0.717) is 0 Å². The summed E-state index contributed by atoms with van der Waals surface area (Å²) in [6, 6.07) is 21.0. The number of hydrogen-bond acceptors (Lipinski definition) is 4. The molecular formula is C30H30BNO2S. The van der Waals surface area contributed by atoms with Crippen LogP contribution in [0.2, 0.25) is 0 Å². The van der Waals surface area contributed by atoms with E-state index in [1.54, 1.807) is 11.3 Å². The molecular weight excluding hydrogens is 449 g/mol. The molecule has 4 aromatic rings. The molecule has 5 heteroatoms. The molecule has 0 bridgehead atoms. The van der Waals surface area contributed by atoms with Crippen LogP contribution in [-0.4, -0.2) is 23.3 Å². The Bertz CT molecular complexity index is 1430. The highest BCUT2D eigenvalue weighted by Crippen LogP contribution is 2.47. The van der Waals surface area contributed by atoms with Gasteiger partial charge in [0.15, 0.2) is 0 Å². The zero-order valence-corrected chi connectivity index (χ0v) is 22.0. The summed E-state index contributed by atoms with van der Waals surface area (Å²) >= 11 is 1.79. The van der Waals surface area contributed by atoms with Crippen molar-refractivity contribution >= 4 is 34.0 Å². The SMILES string of the molecule is C#CC(C)(c1ccc(B2OC(C)(C)C(C)(C)O2)cn1)c1c(-c2ccccc2C)sc2ccccc12. The van der Waals surface area contributed by atoms with Gasteiger partial charge in [-0.25, -0.2) is 0 Å². The molecule has 0 aliphatic carbocycles. The summed E-state index contributed by atoms with van der Waals surface area (Å²) in [6.45, 7) is 12.5. The molecule has 1 aliphatic heterocycles. The van der Waals surface area contributed by atoms with E-state index in [0.717, 1.165) is 16.7 Å². The topological polar surface area (TPSA) is 31.4 Å². The number of hydrogen-bond donors (Lipinski definition) is 0. The van der Waals surface area contributed by atoms with Crippen LogP contribution in [0.25, 0.3) is 20.5 Å². The molecule has 0 N–H and O–H groups in total. The minimum atomic E-state index is -0.717. The molecule has 0 spiro atoms. The third-order valence-electron chi connectivity index (χ3n) is 7.60. The number of thiophene rings is 1. The number of pyridine rings is 1. The first-order valence-corrected chi connectivity index (χ1v) is 12.8. The van der Waals surface area contributed by atoms with Crippen LogP contribution in [0.1, 0.15) is 51.4 Å². The summed E-state index contributed by atoms with van der Waals surface area (Å²) in [5.74, 6) is 3.12. The van der Waals surface area contributed by atoms with Crippen LogP contribution >= 0.6 is 11.3 Å². The average molecular weight is 479 g/mol. The minimum absolute atomic E-state index is 0.401. The second-order valence-electron chi connectivity index (χ2n) is 10.5. The van der Waals surface area contributed by atoms with Crippen molar-refractivity contribution in [2.75, 3.05) is 0 Å². The van der Waals surface area contributed by atoms with E-state index in [9.17, 15) is 0 Å². The van der Waals surface area contributed by atoms with Crippen molar-refractivity contribution in [1.82, 2.24) is 4.98 Å². The standard InChI is InChI=1S/C30H30BNO2S/c1-8-30(7,25-18-17-21(19-32-25)31-33-28(3,4)29(5,6)34-31)26-23-15-11-12-16-24(23)35-27(26)22-14-10-9-13-20(22)2/h1,9-19H,2-7H3. The first-order chi connectivity index (χ1) is 16.6. The van der Waals surface area contributed by atoms with Crippen molar-refractivity contribution in [3.8, 4) is 22.8 Å². The maximum absolute atomic E-state index is 6.30. The quantitative estimate of drug-likeness (QED) is 0.247. The number of terminal acetylenes is 1. The van der Waals surface area contributed by atoms with Crippen LogP contribution in [0.3, 0.4) is 0 Å². The molecule has 1 aliphatic rings. The zero-order chi connectivity index (χ0) is 25.0. The van der Waals surface area contributed by atoms with Crippen molar-refractivity contribution in [3.63, 3.8) is 0 Å². The van der Waals surface area contributed by atoms with E-state index in [-0.39, 0.29) is 0 Å². The van der Waals surface area contributed by atoms with Crippen molar-refractivity contribution < 1.29 is 9.31 Å². The lowest BCUT2D eigenvalue weighted by Crippen LogP contribution is -2.41. The summed E-state index contributed by atoms with van der Waals surface area (Å²) in [6.07, 6.45) is 8.15. The van der Waals surface area contributed by atoms with E-state index < -0.39 is 23.7 Å². The molecule has 2 aromatic heterocycles. The highest BCUT2D eigenvalue weighted by molar-refractivity contribution is 7.22. The second-order valence-corrected chi connectivity index (χ2v) is 11.5. The Kier molecular flexibility index (Phi) is 5.68. The number of aromatic nitrogens is 1. The predicted molar refractivity (Wildman–Crippen MR) is 147 cm³/mol. The summed E-state index contributed by atoms with van der Waals surface area (Å²) in [4.78, 5) is 6.08. The van der Waals surface area contributed by atoms with Crippen molar-refractivity contribution in [3.05, 3.63) is 83.7 Å². The van der Waals surface area contributed by atoms with Crippen LogP contribution in [0.15, 0.2) is 66.9 Å². The van der Waals surface area contributed by atoms with Gasteiger partial charge in [0.05, 0.1) is 22.3 Å². The zero-order valence-electron chi connectivity index (χ0n) is 21.2. The first kappa shape index (κ1) is 23.8. The van der Waals surface area contributed by atoms with Crippen LogP contribution in [0.4, 0.5) is 0 Å². The highest BCUT2D eigenvalue weighted by atomic mass is 32.1. The van der Waals surface area contributed by atoms with Crippen molar-refractivity contribution in [1.29, 1.82) is 0 Å². The number of nitrogens with zero attached hydrogens (tertiary/aromatic N) is 1. The lowest BCUT2D eigenvalue weighted by Gasteiger charge is -2.32. The molecule has 5 rings (SSSR count). The van der Waals surface area contributed by atoms with Gasteiger partial charge in [-0.15, -0.1) is 17.8 Å². The molecule has 176 valence electrons. The molecule has 1 saturated heterocycles. The van der Waals surface area contributed by atoms with Gasteiger partial charge in [-0.1, -0.05) is 54.5 Å². The molecule has 3 heterocycles. The molecule has 1 unspecified atom stereocenters. The number of fused-ring (bicyclic) bond motifs is 1. The smallest absolute Gasteiger partial charge is 0.399 e. The van der Waals surface area contributed by atoms with Crippen LogP contribution < -0.4 is 5.46 Å². The summed E-state index contributed by atoms with van der Waals surface area (Å²) < 4.78 is 13.7. The Labute approximate surface area is 212 Å². The van der Waals surface area contributed by atoms with Gasteiger partial charge in [-0.2, -0.15) is 0 Å². The number of benzene rings is 2. The highest BCUT2D eigenvalue weighted by Gasteiger charge is 2.52. The summed E-state index contributed by atoms with van der Waals surface area (Å²) in [7, 11) is -0.455. The fourth-order valence-corrected chi connectivity index (χ4v) is 6.05. The third-order valence-corrected chi connectivity index (χ3v) is 8.80. The Morgan fingerprint density at radius 3 is 2.23 bits per heavy atom. The first-order valence-electron chi connectivity index (χ1n) is 12.0. The normalized spacial score (nSPS) is 18.4. The predicted octanol–water partition coefficient (Wildman–Crippen LogP) is 6.51. The molecule has 2 aromatic carbocycles. The maximum atomic E-state index is 6.30. The average Bonchev–Trinajstić information content (AvgIpc) is 3.33. The van der Waals surface area contributed by atoms with Gasteiger partial charge in [0.25, 0.3) is 0 Å². The fraction of sp³-hybridized carbons (Fsp3) is 0.300. The molecule has 0 radical (unpaired) electrons. The molecule has 35 heavy (non-hydrogen) atoms. The number of aryl methyl sites for hydroxylation is 1. The van der Waals surface area contributed by atoms with E-state index in [2.05, 4.69) is 96.0 Å². The van der Waals surface area contributed by atoms with Gasteiger partial charge in [0.2, 0.25) is 0 Å². The third kappa shape index (κ3) is 3.81. The van der Waals surface area contributed by atoms with E-state index in [4.69, 9.17) is 20.7 Å². The molecule has 1 atom stereocenters. The molecule has 0 amide bonds. The van der Waals surface area contributed by atoms with Crippen LogP contribution in [0, 0.1) is 19.3 Å². The Morgan fingerprint density at radius 1 is 0.943 bits per heavy atom. The minimum Gasteiger partial charge on any atom is -0.399 e. The van der Waals surface area contributed by atoms with Gasteiger partial charge < -0.3 is 9.31 Å². The van der Waals surface area contributed by atoms with Crippen molar-refractivity contribution in [2.45, 2.75) is 58.2 Å². The molecule has 1 fully saturated rings. The van der Waals surface area contributed by atoms with Gasteiger partial charge in [-0.05, 0) is 70.2 Å². The van der Waals surface area contributed by atoms with Gasteiger partial charge in [0.1, 0.15) is 0 Å². The van der Waals surface area contributed by atoms with Gasteiger partial charge in [-0.3, -0.25) is 4.98 Å². The monoisotopic (exact) mass is 479 g/mol.